The van der Waals surface area contributed by atoms with E-state index in [0.717, 1.165) is 86.8 Å². The van der Waals surface area contributed by atoms with Crippen molar-refractivity contribution in [1.82, 2.24) is 40.5 Å². The highest BCUT2D eigenvalue weighted by molar-refractivity contribution is 6.02. The number of imidazole rings is 2. The normalized spacial score (nSPS) is 20.0. The molecule has 0 spiro atoms. The zero-order chi connectivity index (χ0) is 33.1. The smallest absolute Gasteiger partial charge is 0.405 e. The van der Waals surface area contributed by atoms with Crippen molar-refractivity contribution in [3.63, 3.8) is 0 Å². The van der Waals surface area contributed by atoms with E-state index in [9.17, 15) is 14.7 Å². The molecule has 3 aliphatic rings. The number of para-hydroxylation sites is 1. The maximum absolute atomic E-state index is 13.7. The summed E-state index contributed by atoms with van der Waals surface area (Å²) in [6.45, 7) is 1.03. The molecule has 12 nitrogen and oxygen atoms in total. The first kappa shape index (κ1) is 29.3. The van der Waals surface area contributed by atoms with Crippen LogP contribution >= 0.6 is 0 Å². The van der Waals surface area contributed by atoms with Gasteiger partial charge in [0.1, 0.15) is 17.7 Å². The quantitative estimate of drug-likeness (QED) is 0.153. The number of nitrogens with zero attached hydrogens (tertiary/aromatic N) is 5. The Morgan fingerprint density at radius 1 is 0.837 bits per heavy atom. The minimum Gasteiger partial charge on any atom is -0.465 e. The maximum Gasteiger partial charge on any atom is 0.405 e. The first-order valence-corrected chi connectivity index (χ1v) is 16.6. The van der Waals surface area contributed by atoms with Crippen LogP contribution in [0.15, 0.2) is 79.3 Å². The van der Waals surface area contributed by atoms with Crippen molar-refractivity contribution in [2.24, 2.45) is 0 Å². The van der Waals surface area contributed by atoms with Gasteiger partial charge < -0.3 is 25.7 Å². The van der Waals surface area contributed by atoms with Gasteiger partial charge in [0, 0.05) is 17.5 Å². The predicted molar refractivity (Wildman–Crippen MR) is 184 cm³/mol. The molecule has 3 aromatic carbocycles. The number of rotatable bonds is 6. The fourth-order valence-corrected chi connectivity index (χ4v) is 7.50. The molecule has 0 saturated carbocycles. The van der Waals surface area contributed by atoms with E-state index >= 15 is 0 Å². The highest BCUT2D eigenvalue weighted by Gasteiger charge is 2.42. The maximum atomic E-state index is 13.7. The van der Waals surface area contributed by atoms with Gasteiger partial charge >= 0.3 is 6.09 Å². The molecule has 0 aliphatic carbocycles. The van der Waals surface area contributed by atoms with E-state index in [-0.39, 0.29) is 18.0 Å². The summed E-state index contributed by atoms with van der Waals surface area (Å²) < 4.78 is 0. The van der Waals surface area contributed by atoms with Crippen molar-refractivity contribution in [1.29, 1.82) is 0 Å². The number of carbonyl (C=O) groups is 2. The Balaban J connectivity index is 0.944. The fourth-order valence-electron chi connectivity index (χ4n) is 7.50. The Morgan fingerprint density at radius 2 is 1.59 bits per heavy atom. The molecule has 5 N–H and O–H groups in total. The van der Waals surface area contributed by atoms with Gasteiger partial charge in [-0.05, 0) is 61.1 Å². The number of anilines is 1. The molecule has 0 bridgehead atoms. The van der Waals surface area contributed by atoms with Gasteiger partial charge in [-0.2, -0.15) is 0 Å². The van der Waals surface area contributed by atoms with Crippen molar-refractivity contribution in [3.05, 3.63) is 102 Å². The van der Waals surface area contributed by atoms with E-state index in [1.807, 2.05) is 66.9 Å². The third-order valence-electron chi connectivity index (χ3n) is 9.95. The zero-order valence-corrected chi connectivity index (χ0v) is 26.5. The summed E-state index contributed by atoms with van der Waals surface area (Å²) in [5.74, 6) is 1.38. The van der Waals surface area contributed by atoms with E-state index in [1.54, 1.807) is 17.3 Å². The second kappa shape index (κ2) is 11.7. The lowest BCUT2D eigenvalue weighted by molar-refractivity contribution is -0.120. The number of aromatic nitrogens is 6. The standard InChI is InChI=1S/C37H33N9O3/c47-36-27(45-37(48)49)13-10-22-3-1-4-24-16-32(46(36)33(22)24)35-41-18-30(44-35)21-8-6-20(7-9-21)29-17-39-28-15-23(11-12-25(28)42-29)31-19-40-34(43-31)26-5-2-14-38-26/h1,3-4,6-9,11-12,15,17-19,26-27,32,38,45H,2,5,10,13-14,16H2,(H,40,43)(H,41,44)(H,48,49)/t26-,27-,32-/m0/s1. The molecule has 6 heterocycles. The van der Waals surface area contributed by atoms with Crippen molar-refractivity contribution in [2.45, 2.75) is 50.2 Å². The number of hydrogen-bond acceptors (Lipinski definition) is 7. The summed E-state index contributed by atoms with van der Waals surface area (Å²) >= 11 is 0. The van der Waals surface area contributed by atoms with Crippen LogP contribution in [0.4, 0.5) is 10.5 Å². The van der Waals surface area contributed by atoms with E-state index in [0.29, 0.717) is 25.1 Å². The zero-order valence-electron chi connectivity index (χ0n) is 26.5. The molecule has 0 unspecified atom stereocenters. The molecular formula is C37H33N9O3. The van der Waals surface area contributed by atoms with Crippen LogP contribution in [0.3, 0.4) is 0 Å². The number of carboxylic acid groups (broad SMARTS) is 1. The highest BCUT2D eigenvalue weighted by Crippen LogP contribution is 2.44. The molecule has 244 valence electrons. The molecule has 12 heteroatoms. The van der Waals surface area contributed by atoms with Crippen LogP contribution in [-0.4, -0.2) is 59.6 Å². The molecule has 2 amide bonds. The number of fused-ring (bicyclic) bond motifs is 1. The predicted octanol–water partition coefficient (Wildman–Crippen LogP) is 5.71. The van der Waals surface area contributed by atoms with Gasteiger partial charge in [0.05, 0.1) is 64.5 Å². The van der Waals surface area contributed by atoms with Crippen LogP contribution in [0.2, 0.25) is 0 Å². The first-order valence-electron chi connectivity index (χ1n) is 16.6. The summed E-state index contributed by atoms with van der Waals surface area (Å²) in [4.78, 5) is 52.8. The molecule has 9 rings (SSSR count). The van der Waals surface area contributed by atoms with Crippen LogP contribution in [0.1, 0.15) is 54.1 Å². The lowest BCUT2D eigenvalue weighted by Gasteiger charge is -2.27. The minimum atomic E-state index is -1.20. The number of aromatic amines is 2. The average molecular weight is 652 g/mol. The van der Waals surface area contributed by atoms with Crippen molar-refractivity contribution < 1.29 is 14.7 Å². The van der Waals surface area contributed by atoms with Crippen LogP contribution in [0.5, 0.6) is 0 Å². The third kappa shape index (κ3) is 5.21. The van der Waals surface area contributed by atoms with Crippen molar-refractivity contribution >= 4 is 28.7 Å². The lowest BCUT2D eigenvalue weighted by atomic mass is 10.0. The summed E-state index contributed by atoms with van der Waals surface area (Å²) in [7, 11) is 0. The minimum absolute atomic E-state index is 0.251. The molecule has 1 fully saturated rings. The summed E-state index contributed by atoms with van der Waals surface area (Å²) in [6.07, 6.45) is 8.14. The number of aryl methyl sites for hydroxylation is 1. The average Bonchev–Trinajstić information content (AvgIpc) is 3.95. The Labute approximate surface area is 281 Å². The summed E-state index contributed by atoms with van der Waals surface area (Å²) in [6, 6.07) is 19.3. The second-order valence-corrected chi connectivity index (χ2v) is 12.9. The van der Waals surface area contributed by atoms with Gasteiger partial charge in [0.2, 0.25) is 5.91 Å². The van der Waals surface area contributed by atoms with Crippen molar-refractivity contribution in [2.75, 3.05) is 11.4 Å². The Kier molecular flexibility index (Phi) is 6.97. The lowest BCUT2D eigenvalue weighted by Crippen LogP contribution is -2.48. The van der Waals surface area contributed by atoms with Crippen LogP contribution in [0.25, 0.3) is 44.8 Å². The van der Waals surface area contributed by atoms with E-state index < -0.39 is 12.1 Å². The van der Waals surface area contributed by atoms with Gasteiger partial charge in [0.25, 0.3) is 0 Å². The molecule has 3 aliphatic heterocycles. The van der Waals surface area contributed by atoms with Crippen LogP contribution in [-0.2, 0) is 17.6 Å². The summed E-state index contributed by atoms with van der Waals surface area (Å²) in [5, 5.41) is 15.3. The SMILES string of the molecule is O=C(O)N[C@H]1CCc2cccc3c2N(C1=O)[C@H](c1ncc(-c2ccc(-c4cnc5cc(-c6cnc([C@@H]7CCCN7)[nH]6)ccc5n4)cc2)[nH]1)C3. The number of carbonyl (C=O) groups excluding carboxylic acids is 1. The van der Waals surface area contributed by atoms with Gasteiger partial charge in [-0.25, -0.2) is 19.7 Å². The number of amides is 2. The monoisotopic (exact) mass is 651 g/mol. The van der Waals surface area contributed by atoms with Gasteiger partial charge in [-0.3, -0.25) is 14.7 Å². The third-order valence-corrected chi connectivity index (χ3v) is 9.95. The summed E-state index contributed by atoms with van der Waals surface area (Å²) in [5.41, 5.74) is 10.1. The Morgan fingerprint density at radius 3 is 2.41 bits per heavy atom. The fraction of sp³-hybridized carbons (Fsp3) is 0.243. The number of H-pyrrole nitrogens is 2. The highest BCUT2D eigenvalue weighted by atomic mass is 16.4. The molecule has 3 aromatic heterocycles. The molecular weight excluding hydrogens is 618 g/mol. The van der Waals surface area contributed by atoms with E-state index in [2.05, 4.69) is 25.6 Å². The van der Waals surface area contributed by atoms with Gasteiger partial charge in [-0.15, -0.1) is 0 Å². The molecule has 1 saturated heterocycles. The second-order valence-electron chi connectivity index (χ2n) is 12.9. The van der Waals surface area contributed by atoms with E-state index in [4.69, 9.17) is 15.0 Å². The Bertz CT molecular complexity index is 2240. The largest absolute Gasteiger partial charge is 0.465 e. The molecule has 3 atom stereocenters. The Hall–Kier alpha value is -5.88. The molecule has 49 heavy (non-hydrogen) atoms. The van der Waals surface area contributed by atoms with E-state index in [1.165, 1.54) is 0 Å². The first-order chi connectivity index (χ1) is 24.0. The van der Waals surface area contributed by atoms with Crippen LogP contribution < -0.4 is 15.5 Å². The topological polar surface area (TPSA) is 165 Å². The molecule has 6 aromatic rings. The van der Waals surface area contributed by atoms with Crippen LogP contribution in [0, 0.1) is 0 Å². The van der Waals surface area contributed by atoms with Gasteiger partial charge in [-0.1, -0.05) is 48.5 Å². The van der Waals surface area contributed by atoms with Gasteiger partial charge in [0.15, 0.2) is 0 Å². The number of benzene rings is 3. The molecule has 0 radical (unpaired) electrons. The number of hydrogen-bond donors (Lipinski definition) is 5. The van der Waals surface area contributed by atoms with Crippen molar-refractivity contribution in [3.8, 4) is 33.8 Å². The number of nitrogens with one attached hydrogen (secondary N) is 4.